The van der Waals surface area contributed by atoms with Crippen LogP contribution in [0.5, 0.6) is 0 Å². The lowest BCUT2D eigenvalue weighted by Crippen LogP contribution is -2.28. The maximum Gasteiger partial charge on any atom is 0.116 e. The van der Waals surface area contributed by atoms with E-state index in [4.69, 9.17) is 0 Å². The van der Waals surface area contributed by atoms with Gasteiger partial charge in [0.15, 0.2) is 0 Å². The molecule has 1 aliphatic rings. The maximum absolute atomic E-state index is 4.56. The highest BCUT2D eigenvalue weighted by Crippen LogP contribution is 2.57. The third-order valence-electron chi connectivity index (χ3n) is 6.10. The summed E-state index contributed by atoms with van der Waals surface area (Å²) in [5.74, 6) is 0. The summed E-state index contributed by atoms with van der Waals surface area (Å²) in [4.78, 5) is 8.96. The summed E-state index contributed by atoms with van der Waals surface area (Å²) >= 11 is 0. The van der Waals surface area contributed by atoms with E-state index in [-0.39, 0.29) is 0 Å². The van der Waals surface area contributed by atoms with Gasteiger partial charge in [0.1, 0.15) is 6.33 Å². The van der Waals surface area contributed by atoms with E-state index >= 15 is 0 Å². The highest BCUT2D eigenvalue weighted by Gasteiger charge is 2.47. The molecule has 0 atom stereocenters. The van der Waals surface area contributed by atoms with Crippen LogP contribution in [-0.2, 0) is 5.41 Å². The molecular formula is C27H18N2. The lowest BCUT2D eigenvalue weighted by Gasteiger charge is -2.34. The normalized spacial score (nSPS) is 13.8. The first-order valence-electron chi connectivity index (χ1n) is 9.85. The molecular weight excluding hydrogens is 352 g/mol. The van der Waals surface area contributed by atoms with E-state index in [0.29, 0.717) is 0 Å². The topological polar surface area (TPSA) is 25.8 Å². The zero-order valence-electron chi connectivity index (χ0n) is 15.8. The molecule has 1 heterocycles. The number of rotatable bonds is 2. The number of hydrogen-bond donors (Lipinski definition) is 0. The Bertz CT molecular complexity index is 1300. The predicted octanol–water partition coefficient (Wildman–Crippen LogP) is 5.99. The second kappa shape index (κ2) is 6.11. The number of aromatic nitrogens is 2. The maximum atomic E-state index is 4.56. The first kappa shape index (κ1) is 16.2. The van der Waals surface area contributed by atoms with Crippen molar-refractivity contribution in [2.45, 2.75) is 5.41 Å². The van der Waals surface area contributed by atoms with Crippen molar-refractivity contribution in [2.24, 2.45) is 0 Å². The smallest absolute Gasteiger partial charge is 0.116 e. The first-order valence-corrected chi connectivity index (χ1v) is 9.85. The molecule has 0 spiro atoms. The zero-order valence-corrected chi connectivity index (χ0v) is 15.8. The Balaban J connectivity index is 1.88. The highest BCUT2D eigenvalue weighted by molar-refractivity contribution is 5.98. The second-order valence-electron chi connectivity index (χ2n) is 7.47. The molecule has 6 rings (SSSR count). The van der Waals surface area contributed by atoms with Crippen LogP contribution in [0.3, 0.4) is 0 Å². The van der Waals surface area contributed by atoms with Crippen LogP contribution in [0.15, 0.2) is 110 Å². The minimum atomic E-state index is -0.404. The van der Waals surface area contributed by atoms with Crippen molar-refractivity contribution in [3.63, 3.8) is 0 Å². The van der Waals surface area contributed by atoms with Crippen LogP contribution in [0.25, 0.3) is 22.0 Å². The quantitative estimate of drug-likeness (QED) is 0.374. The number of nitrogens with zero attached hydrogens (tertiary/aromatic N) is 2. The zero-order chi connectivity index (χ0) is 19.3. The monoisotopic (exact) mass is 370 g/mol. The second-order valence-corrected chi connectivity index (χ2v) is 7.47. The fourth-order valence-corrected chi connectivity index (χ4v) is 5.01. The van der Waals surface area contributed by atoms with E-state index in [1.807, 2.05) is 6.20 Å². The van der Waals surface area contributed by atoms with Gasteiger partial charge in [-0.25, -0.2) is 9.97 Å². The molecule has 0 radical (unpaired) electrons. The third kappa shape index (κ3) is 2.11. The third-order valence-corrected chi connectivity index (χ3v) is 6.10. The Morgan fingerprint density at radius 1 is 0.586 bits per heavy atom. The van der Waals surface area contributed by atoms with Crippen molar-refractivity contribution in [1.82, 2.24) is 9.97 Å². The van der Waals surface area contributed by atoms with Crippen molar-refractivity contribution in [1.29, 1.82) is 0 Å². The summed E-state index contributed by atoms with van der Waals surface area (Å²) in [5, 5.41) is 1.11. The molecule has 1 aromatic heterocycles. The van der Waals surface area contributed by atoms with Crippen LogP contribution in [0.4, 0.5) is 0 Å². The van der Waals surface area contributed by atoms with Gasteiger partial charge >= 0.3 is 0 Å². The van der Waals surface area contributed by atoms with Crippen molar-refractivity contribution >= 4 is 10.9 Å². The largest absolute Gasteiger partial charge is 0.244 e. The molecule has 0 bridgehead atoms. The van der Waals surface area contributed by atoms with E-state index in [1.165, 1.54) is 33.4 Å². The van der Waals surface area contributed by atoms with E-state index in [2.05, 4.69) is 107 Å². The molecule has 5 aromatic rings. The number of hydrogen-bond acceptors (Lipinski definition) is 2. The Kier molecular flexibility index (Phi) is 3.41. The minimum Gasteiger partial charge on any atom is -0.244 e. The number of benzene rings is 4. The fraction of sp³-hybridized carbons (Fsp3) is 0.0370. The lowest BCUT2D eigenvalue weighted by molar-refractivity contribution is 0.775. The molecule has 0 saturated carbocycles. The minimum absolute atomic E-state index is 0.404. The van der Waals surface area contributed by atoms with Crippen LogP contribution >= 0.6 is 0 Å². The van der Waals surface area contributed by atoms with Gasteiger partial charge in [-0.3, -0.25) is 0 Å². The van der Waals surface area contributed by atoms with E-state index in [9.17, 15) is 0 Å². The molecule has 4 aromatic carbocycles. The Morgan fingerprint density at radius 3 is 1.97 bits per heavy atom. The molecule has 2 heteroatoms. The molecule has 29 heavy (non-hydrogen) atoms. The summed E-state index contributed by atoms with van der Waals surface area (Å²) in [5.41, 5.74) is 8.21. The average molecular weight is 370 g/mol. The summed E-state index contributed by atoms with van der Waals surface area (Å²) in [6.07, 6.45) is 3.59. The first-order chi connectivity index (χ1) is 14.4. The van der Waals surface area contributed by atoms with Gasteiger partial charge in [-0.05, 0) is 39.4 Å². The molecule has 0 unspecified atom stereocenters. The van der Waals surface area contributed by atoms with Crippen molar-refractivity contribution < 1.29 is 0 Å². The highest BCUT2D eigenvalue weighted by atomic mass is 14.8. The summed E-state index contributed by atoms with van der Waals surface area (Å²) in [7, 11) is 0. The number of fused-ring (bicyclic) bond motifs is 5. The standard InChI is InChI=1S/C27H18N2/c1-3-9-19(10-4-1)27(20-11-5-2-6-12-20)24-14-8-7-13-21(24)22-15-16-25-23(26(22)27)17-28-18-29-25/h1-18H. The Morgan fingerprint density at radius 2 is 1.24 bits per heavy atom. The van der Waals surface area contributed by atoms with Gasteiger partial charge in [-0.1, -0.05) is 91.0 Å². The van der Waals surface area contributed by atoms with Crippen LogP contribution in [0.2, 0.25) is 0 Å². The fourth-order valence-electron chi connectivity index (χ4n) is 5.01. The van der Waals surface area contributed by atoms with Gasteiger partial charge in [0.2, 0.25) is 0 Å². The van der Waals surface area contributed by atoms with E-state index in [1.54, 1.807) is 6.33 Å². The van der Waals surface area contributed by atoms with Crippen LogP contribution in [-0.4, -0.2) is 9.97 Å². The van der Waals surface area contributed by atoms with Gasteiger partial charge in [0.25, 0.3) is 0 Å². The molecule has 1 aliphatic carbocycles. The van der Waals surface area contributed by atoms with Gasteiger partial charge in [0.05, 0.1) is 10.9 Å². The SMILES string of the molecule is c1ccc(C2(c3ccccc3)c3ccccc3-c3ccc4ncncc4c32)cc1. The van der Waals surface area contributed by atoms with Crippen LogP contribution in [0.1, 0.15) is 22.3 Å². The molecule has 0 amide bonds. The van der Waals surface area contributed by atoms with Crippen LogP contribution in [0, 0.1) is 0 Å². The van der Waals surface area contributed by atoms with Crippen molar-refractivity contribution in [2.75, 3.05) is 0 Å². The summed E-state index contributed by atoms with van der Waals surface area (Å²) < 4.78 is 0. The summed E-state index contributed by atoms with van der Waals surface area (Å²) in [6.45, 7) is 0. The van der Waals surface area contributed by atoms with E-state index < -0.39 is 5.41 Å². The van der Waals surface area contributed by atoms with Crippen molar-refractivity contribution in [3.05, 3.63) is 132 Å². The summed E-state index contributed by atoms with van der Waals surface area (Å²) in [6, 6.07) is 34.7. The lowest BCUT2D eigenvalue weighted by atomic mass is 9.67. The van der Waals surface area contributed by atoms with Gasteiger partial charge in [0, 0.05) is 11.6 Å². The van der Waals surface area contributed by atoms with Gasteiger partial charge in [-0.15, -0.1) is 0 Å². The molecule has 0 aliphatic heterocycles. The van der Waals surface area contributed by atoms with Crippen LogP contribution < -0.4 is 0 Å². The molecule has 0 fully saturated rings. The molecule has 2 nitrogen and oxygen atoms in total. The average Bonchev–Trinajstić information content (AvgIpc) is 3.12. The Labute approximate surface area is 169 Å². The van der Waals surface area contributed by atoms with E-state index in [0.717, 1.165) is 10.9 Å². The Hall–Kier alpha value is -3.78. The van der Waals surface area contributed by atoms with Gasteiger partial charge in [-0.2, -0.15) is 0 Å². The molecule has 0 N–H and O–H groups in total. The van der Waals surface area contributed by atoms with Crippen molar-refractivity contribution in [3.8, 4) is 11.1 Å². The molecule has 136 valence electrons. The van der Waals surface area contributed by atoms with Gasteiger partial charge < -0.3 is 0 Å². The molecule has 0 saturated heterocycles. The predicted molar refractivity (Wildman–Crippen MR) is 117 cm³/mol.